The van der Waals surface area contributed by atoms with Crippen LogP contribution in [0.5, 0.6) is 5.75 Å². The van der Waals surface area contributed by atoms with Gasteiger partial charge in [0.15, 0.2) is 4.96 Å². The predicted molar refractivity (Wildman–Crippen MR) is 92.8 cm³/mol. The molecule has 0 saturated heterocycles. The molecule has 0 aliphatic carbocycles. The number of H-pyrrole nitrogens is 1. The molecular formula is C17H11N3O2S. The van der Waals surface area contributed by atoms with Gasteiger partial charge in [-0.2, -0.15) is 0 Å². The first kappa shape index (κ1) is 12.7. The van der Waals surface area contributed by atoms with Crippen molar-refractivity contribution in [1.82, 2.24) is 14.4 Å². The van der Waals surface area contributed by atoms with E-state index in [0.717, 1.165) is 38.2 Å². The Morgan fingerprint density at radius 1 is 1.22 bits per heavy atom. The minimum atomic E-state index is -0.0969. The fraction of sp³-hybridized carbons (Fsp3) is 0.0588. The van der Waals surface area contributed by atoms with Gasteiger partial charge in [-0.1, -0.05) is 23.5 Å². The molecule has 23 heavy (non-hydrogen) atoms. The van der Waals surface area contributed by atoms with Gasteiger partial charge in [0.2, 0.25) is 0 Å². The normalized spacial score (nSPS) is 11.9. The second-order valence-corrected chi connectivity index (χ2v) is 6.34. The van der Waals surface area contributed by atoms with Crippen LogP contribution in [0.3, 0.4) is 0 Å². The Morgan fingerprint density at radius 2 is 2.09 bits per heavy atom. The average molecular weight is 321 g/mol. The molecule has 0 spiro atoms. The number of hydrogen-bond acceptors (Lipinski definition) is 4. The van der Waals surface area contributed by atoms with Crippen molar-refractivity contribution in [2.24, 2.45) is 0 Å². The van der Waals surface area contributed by atoms with Gasteiger partial charge >= 0.3 is 0 Å². The summed E-state index contributed by atoms with van der Waals surface area (Å²) >= 11 is 1.42. The van der Waals surface area contributed by atoms with E-state index in [2.05, 4.69) is 14.4 Å². The van der Waals surface area contributed by atoms with E-state index in [-0.39, 0.29) is 5.56 Å². The second kappa shape index (κ2) is 4.33. The zero-order valence-electron chi connectivity index (χ0n) is 12.2. The molecule has 3 heterocycles. The van der Waals surface area contributed by atoms with E-state index in [1.54, 1.807) is 7.11 Å². The molecule has 6 heteroatoms. The Bertz CT molecular complexity index is 1280. The van der Waals surface area contributed by atoms with E-state index < -0.39 is 0 Å². The standard InChI is InChI=1S/C17H11N3O2S/c1-22-9-6-7-10-12(8-9)18-16(21)15-14(10)20-13-5-3-2-4-11(13)19-17(20)23-15/h2-8H,1H3,(H,18,21). The molecule has 0 amide bonds. The fourth-order valence-electron chi connectivity index (χ4n) is 3.07. The molecule has 0 aliphatic rings. The van der Waals surface area contributed by atoms with Crippen LogP contribution in [-0.2, 0) is 0 Å². The maximum Gasteiger partial charge on any atom is 0.268 e. The molecule has 3 aromatic heterocycles. The van der Waals surface area contributed by atoms with Crippen LogP contribution >= 0.6 is 11.3 Å². The Labute approximate surface area is 133 Å². The number of para-hydroxylation sites is 2. The van der Waals surface area contributed by atoms with Gasteiger partial charge in [0, 0.05) is 11.5 Å². The average Bonchev–Trinajstić information content (AvgIpc) is 3.11. The Kier molecular flexibility index (Phi) is 2.38. The van der Waals surface area contributed by atoms with Crippen molar-refractivity contribution in [3.05, 3.63) is 52.8 Å². The Balaban J connectivity index is 2.10. The van der Waals surface area contributed by atoms with Gasteiger partial charge < -0.3 is 9.72 Å². The zero-order chi connectivity index (χ0) is 15.6. The number of fused-ring (bicyclic) bond motifs is 7. The number of aromatic nitrogens is 3. The number of thiazole rings is 1. The van der Waals surface area contributed by atoms with Crippen LogP contribution < -0.4 is 10.3 Å². The monoisotopic (exact) mass is 321 g/mol. The van der Waals surface area contributed by atoms with Gasteiger partial charge in [-0.05, 0) is 24.3 Å². The van der Waals surface area contributed by atoms with Crippen molar-refractivity contribution >= 4 is 48.5 Å². The second-order valence-electron chi connectivity index (χ2n) is 5.36. The van der Waals surface area contributed by atoms with Crippen LogP contribution in [-0.4, -0.2) is 21.5 Å². The smallest absolute Gasteiger partial charge is 0.268 e. The van der Waals surface area contributed by atoms with Crippen molar-refractivity contribution in [3.63, 3.8) is 0 Å². The van der Waals surface area contributed by atoms with Crippen LogP contribution in [0.15, 0.2) is 47.3 Å². The Hall–Kier alpha value is -2.86. The van der Waals surface area contributed by atoms with E-state index >= 15 is 0 Å². The summed E-state index contributed by atoms with van der Waals surface area (Å²) in [5.74, 6) is 0.717. The summed E-state index contributed by atoms with van der Waals surface area (Å²) in [6, 6.07) is 13.7. The summed E-state index contributed by atoms with van der Waals surface area (Å²) in [5.41, 5.74) is 3.51. The van der Waals surface area contributed by atoms with E-state index in [4.69, 9.17) is 4.74 Å². The van der Waals surface area contributed by atoms with Crippen molar-refractivity contribution in [2.75, 3.05) is 7.11 Å². The number of ether oxygens (including phenoxy) is 1. The maximum atomic E-state index is 12.5. The number of aromatic amines is 1. The van der Waals surface area contributed by atoms with Gasteiger partial charge in [-0.3, -0.25) is 9.20 Å². The van der Waals surface area contributed by atoms with Crippen LogP contribution in [0.25, 0.3) is 37.1 Å². The molecule has 112 valence electrons. The number of pyridine rings is 1. The highest BCUT2D eigenvalue weighted by Gasteiger charge is 2.16. The van der Waals surface area contributed by atoms with Crippen molar-refractivity contribution in [2.45, 2.75) is 0 Å². The Morgan fingerprint density at radius 3 is 2.96 bits per heavy atom. The maximum absolute atomic E-state index is 12.5. The lowest BCUT2D eigenvalue weighted by Crippen LogP contribution is -2.05. The van der Waals surface area contributed by atoms with Crippen molar-refractivity contribution in [3.8, 4) is 5.75 Å². The number of imidazole rings is 1. The van der Waals surface area contributed by atoms with E-state index in [1.807, 2.05) is 42.5 Å². The number of rotatable bonds is 1. The van der Waals surface area contributed by atoms with Gasteiger partial charge in [0.1, 0.15) is 10.4 Å². The summed E-state index contributed by atoms with van der Waals surface area (Å²) in [4.78, 5) is 20.9. The summed E-state index contributed by atoms with van der Waals surface area (Å²) in [6.07, 6.45) is 0. The molecule has 0 atom stereocenters. The highest BCUT2D eigenvalue weighted by Crippen LogP contribution is 2.33. The minimum Gasteiger partial charge on any atom is -0.497 e. The third-order valence-corrected chi connectivity index (χ3v) is 5.14. The highest BCUT2D eigenvalue weighted by molar-refractivity contribution is 7.23. The highest BCUT2D eigenvalue weighted by atomic mass is 32.1. The molecular weight excluding hydrogens is 310 g/mol. The largest absolute Gasteiger partial charge is 0.497 e. The summed E-state index contributed by atoms with van der Waals surface area (Å²) in [5, 5.41) is 0.981. The number of methoxy groups -OCH3 is 1. The topological polar surface area (TPSA) is 59.4 Å². The molecule has 0 aliphatic heterocycles. The van der Waals surface area contributed by atoms with E-state index in [0.29, 0.717) is 4.70 Å². The van der Waals surface area contributed by atoms with Crippen molar-refractivity contribution < 1.29 is 4.74 Å². The van der Waals surface area contributed by atoms with Gasteiger partial charge in [0.05, 0.1) is 29.2 Å². The predicted octanol–water partition coefficient (Wildman–Crippen LogP) is 3.55. The third-order valence-electron chi connectivity index (χ3n) is 4.10. The number of nitrogens with one attached hydrogen (secondary N) is 1. The number of benzene rings is 2. The lowest BCUT2D eigenvalue weighted by molar-refractivity contribution is 0.415. The molecule has 5 rings (SSSR count). The molecule has 0 fully saturated rings. The lowest BCUT2D eigenvalue weighted by Gasteiger charge is -2.04. The summed E-state index contributed by atoms with van der Waals surface area (Å²) < 4.78 is 8.02. The summed E-state index contributed by atoms with van der Waals surface area (Å²) in [7, 11) is 1.62. The zero-order valence-corrected chi connectivity index (χ0v) is 13.0. The first-order chi connectivity index (χ1) is 11.3. The first-order valence-electron chi connectivity index (χ1n) is 7.16. The van der Waals surface area contributed by atoms with E-state index in [9.17, 15) is 4.79 Å². The molecule has 0 unspecified atom stereocenters. The fourth-order valence-corrected chi connectivity index (χ4v) is 4.11. The molecule has 0 bridgehead atoms. The van der Waals surface area contributed by atoms with Crippen LogP contribution in [0.1, 0.15) is 0 Å². The molecule has 5 nitrogen and oxygen atoms in total. The van der Waals surface area contributed by atoms with E-state index in [1.165, 1.54) is 11.3 Å². The molecule has 5 aromatic rings. The lowest BCUT2D eigenvalue weighted by atomic mass is 10.2. The number of hydrogen-bond donors (Lipinski definition) is 1. The van der Waals surface area contributed by atoms with Crippen LogP contribution in [0.2, 0.25) is 0 Å². The third kappa shape index (κ3) is 1.61. The van der Waals surface area contributed by atoms with Crippen LogP contribution in [0, 0.1) is 0 Å². The first-order valence-corrected chi connectivity index (χ1v) is 7.97. The van der Waals surface area contributed by atoms with Crippen LogP contribution in [0.4, 0.5) is 0 Å². The molecule has 1 N–H and O–H groups in total. The van der Waals surface area contributed by atoms with Gasteiger partial charge in [-0.25, -0.2) is 4.98 Å². The molecule has 0 radical (unpaired) electrons. The quantitative estimate of drug-likeness (QED) is 0.513. The van der Waals surface area contributed by atoms with Gasteiger partial charge in [-0.15, -0.1) is 0 Å². The molecule has 2 aromatic carbocycles. The minimum absolute atomic E-state index is 0.0969. The number of nitrogens with zero attached hydrogens (tertiary/aromatic N) is 2. The van der Waals surface area contributed by atoms with Crippen molar-refractivity contribution in [1.29, 1.82) is 0 Å². The van der Waals surface area contributed by atoms with Gasteiger partial charge in [0.25, 0.3) is 5.56 Å². The summed E-state index contributed by atoms with van der Waals surface area (Å²) in [6.45, 7) is 0. The SMILES string of the molecule is COc1ccc2c(c1)[nH]c(=O)c1sc3nc4ccccc4n3c12. The molecule has 0 saturated carbocycles.